The van der Waals surface area contributed by atoms with Crippen LogP contribution in [0.4, 0.5) is 0 Å². The van der Waals surface area contributed by atoms with Gasteiger partial charge in [-0.05, 0) is 56.6 Å². The minimum Gasteiger partial charge on any atom is -0.347 e. The number of aryl methyl sites for hydroxylation is 1. The summed E-state index contributed by atoms with van der Waals surface area (Å²) in [6.07, 6.45) is 8.53. The number of unbranched alkanes of at least 4 members (excludes halogenated alkanes) is 2. The molecule has 0 saturated carbocycles. The van der Waals surface area contributed by atoms with Crippen LogP contribution in [0.15, 0.2) is 30.5 Å². The molecule has 3 N–H and O–H groups in total. The van der Waals surface area contributed by atoms with Crippen molar-refractivity contribution in [3.63, 3.8) is 0 Å². The number of nitrogens with one attached hydrogen (secondary N) is 3. The predicted octanol–water partition coefficient (Wildman–Crippen LogP) is 4.03. The summed E-state index contributed by atoms with van der Waals surface area (Å²) in [4.78, 5) is 69.2. The number of carbonyl (C=O) groups excluding carboxylic acids is 5. The Morgan fingerprint density at radius 3 is 2.40 bits per heavy atom. The van der Waals surface area contributed by atoms with Crippen LogP contribution in [-0.4, -0.2) is 69.6 Å². The van der Waals surface area contributed by atoms with E-state index in [1.807, 2.05) is 51.2 Å². The molecule has 3 heterocycles. The van der Waals surface area contributed by atoms with Crippen molar-refractivity contribution >= 4 is 40.3 Å². The van der Waals surface area contributed by atoms with Crippen LogP contribution >= 0.6 is 0 Å². The molecule has 1 aromatic carbocycles. The molecule has 0 bridgehead atoms. The molecule has 5 atom stereocenters. The SMILES string of the molecule is CCC(=O)CCCCC[C@@H]1NC(=O)[C@H](Cc2cn(CC)c3ccccc23)NC(=O)[C@H](C(C)CC)NC(=O)[C@@H]2CCCCN2C1=O. The zero-order valence-corrected chi connectivity index (χ0v) is 27.4. The first-order valence-electron chi connectivity index (χ1n) is 17.0. The Morgan fingerprint density at radius 1 is 0.911 bits per heavy atom. The molecule has 4 rings (SSSR count). The summed E-state index contributed by atoms with van der Waals surface area (Å²) in [6.45, 7) is 8.96. The van der Waals surface area contributed by atoms with Crippen molar-refractivity contribution in [1.82, 2.24) is 25.4 Å². The van der Waals surface area contributed by atoms with Gasteiger partial charge in [0.15, 0.2) is 0 Å². The first-order valence-corrected chi connectivity index (χ1v) is 17.0. The normalized spacial score (nSPS) is 23.8. The van der Waals surface area contributed by atoms with E-state index in [9.17, 15) is 24.0 Å². The topological polar surface area (TPSA) is 130 Å². The molecule has 0 radical (unpaired) electrons. The molecule has 10 heteroatoms. The third-order valence-corrected chi connectivity index (χ3v) is 9.61. The fourth-order valence-electron chi connectivity index (χ4n) is 6.61. The Bertz CT molecular complexity index is 1370. The zero-order valence-electron chi connectivity index (χ0n) is 27.4. The van der Waals surface area contributed by atoms with Crippen LogP contribution in [0.25, 0.3) is 10.9 Å². The lowest BCUT2D eigenvalue weighted by molar-refractivity contribution is -0.147. The molecule has 0 aliphatic carbocycles. The van der Waals surface area contributed by atoms with Crippen LogP contribution in [0.2, 0.25) is 0 Å². The lowest BCUT2D eigenvalue weighted by Gasteiger charge is -2.39. The molecule has 10 nitrogen and oxygen atoms in total. The summed E-state index contributed by atoms with van der Waals surface area (Å²) in [5.41, 5.74) is 1.97. The number of nitrogens with zero attached hydrogens (tertiary/aromatic N) is 2. The summed E-state index contributed by atoms with van der Waals surface area (Å²) in [5.74, 6) is -1.37. The first kappa shape index (κ1) is 34.2. The van der Waals surface area contributed by atoms with Gasteiger partial charge in [0.25, 0.3) is 0 Å². The quantitative estimate of drug-likeness (QED) is 0.308. The van der Waals surface area contributed by atoms with Crippen molar-refractivity contribution in [3.8, 4) is 0 Å². The van der Waals surface area contributed by atoms with Gasteiger partial charge in [-0.15, -0.1) is 0 Å². The molecule has 2 saturated heterocycles. The van der Waals surface area contributed by atoms with Gasteiger partial charge in [0, 0.05) is 49.5 Å². The van der Waals surface area contributed by atoms with Crippen molar-refractivity contribution in [2.45, 2.75) is 129 Å². The molecule has 2 aliphatic heterocycles. The Labute approximate surface area is 267 Å². The maximum absolute atomic E-state index is 14.1. The summed E-state index contributed by atoms with van der Waals surface area (Å²) < 4.78 is 2.12. The number of para-hydroxylation sites is 1. The van der Waals surface area contributed by atoms with Crippen molar-refractivity contribution in [1.29, 1.82) is 0 Å². The van der Waals surface area contributed by atoms with Gasteiger partial charge < -0.3 is 25.4 Å². The van der Waals surface area contributed by atoms with E-state index >= 15 is 0 Å². The third kappa shape index (κ3) is 8.32. The van der Waals surface area contributed by atoms with E-state index in [0.29, 0.717) is 45.1 Å². The van der Waals surface area contributed by atoms with Gasteiger partial charge in [-0.2, -0.15) is 0 Å². The first-order chi connectivity index (χ1) is 21.7. The van der Waals surface area contributed by atoms with Crippen LogP contribution in [0.3, 0.4) is 0 Å². The van der Waals surface area contributed by atoms with E-state index in [-0.39, 0.29) is 29.9 Å². The van der Waals surface area contributed by atoms with Crippen LogP contribution in [0.1, 0.15) is 97.5 Å². The number of piperidine rings is 1. The van der Waals surface area contributed by atoms with Gasteiger partial charge in [-0.25, -0.2) is 0 Å². The highest BCUT2D eigenvalue weighted by Gasteiger charge is 2.40. The van der Waals surface area contributed by atoms with Crippen molar-refractivity contribution in [2.75, 3.05) is 6.54 Å². The monoisotopic (exact) mass is 621 g/mol. The van der Waals surface area contributed by atoms with Gasteiger partial charge >= 0.3 is 0 Å². The summed E-state index contributed by atoms with van der Waals surface area (Å²) in [7, 11) is 0. The number of benzene rings is 1. The molecule has 2 fully saturated rings. The average molecular weight is 622 g/mol. The van der Waals surface area contributed by atoms with Crippen LogP contribution in [-0.2, 0) is 36.9 Å². The summed E-state index contributed by atoms with van der Waals surface area (Å²) >= 11 is 0. The van der Waals surface area contributed by atoms with Gasteiger partial charge in [-0.1, -0.05) is 58.2 Å². The smallest absolute Gasteiger partial charge is 0.245 e. The highest BCUT2D eigenvalue weighted by atomic mass is 16.2. The highest BCUT2D eigenvalue weighted by Crippen LogP contribution is 2.25. The second kappa shape index (κ2) is 16.0. The molecule has 246 valence electrons. The van der Waals surface area contributed by atoms with Crippen LogP contribution in [0.5, 0.6) is 0 Å². The van der Waals surface area contributed by atoms with Gasteiger partial charge in [0.05, 0.1) is 0 Å². The summed E-state index contributed by atoms with van der Waals surface area (Å²) in [6, 6.07) is 4.66. The lowest BCUT2D eigenvalue weighted by atomic mass is 9.94. The number of rotatable bonds is 12. The maximum Gasteiger partial charge on any atom is 0.245 e. The molecule has 1 unspecified atom stereocenters. The van der Waals surface area contributed by atoms with Gasteiger partial charge in [0.2, 0.25) is 23.6 Å². The van der Waals surface area contributed by atoms with Crippen LogP contribution in [0, 0.1) is 5.92 Å². The van der Waals surface area contributed by atoms with Crippen LogP contribution < -0.4 is 16.0 Å². The van der Waals surface area contributed by atoms with Crippen molar-refractivity contribution < 1.29 is 24.0 Å². The maximum atomic E-state index is 14.1. The van der Waals surface area contributed by atoms with E-state index in [0.717, 1.165) is 48.7 Å². The minimum atomic E-state index is -0.953. The van der Waals surface area contributed by atoms with E-state index in [1.54, 1.807) is 4.90 Å². The fraction of sp³-hybridized carbons (Fsp3) is 0.629. The summed E-state index contributed by atoms with van der Waals surface area (Å²) in [5, 5.41) is 9.97. The lowest BCUT2D eigenvalue weighted by Crippen LogP contribution is -2.64. The molecule has 45 heavy (non-hydrogen) atoms. The Balaban J connectivity index is 1.67. The number of aromatic nitrogens is 1. The number of carbonyl (C=O) groups is 5. The molecule has 2 aliphatic rings. The van der Waals surface area contributed by atoms with Crippen molar-refractivity contribution in [2.24, 2.45) is 5.92 Å². The Hall–Kier alpha value is -3.69. The van der Waals surface area contributed by atoms with E-state index in [4.69, 9.17) is 0 Å². The fourth-order valence-corrected chi connectivity index (χ4v) is 6.61. The van der Waals surface area contributed by atoms with Gasteiger partial charge in [-0.3, -0.25) is 24.0 Å². The molecule has 1 aromatic heterocycles. The van der Waals surface area contributed by atoms with E-state index in [1.165, 1.54) is 0 Å². The highest BCUT2D eigenvalue weighted by molar-refractivity contribution is 5.98. The average Bonchev–Trinajstić information content (AvgIpc) is 3.41. The largest absolute Gasteiger partial charge is 0.347 e. The second-order valence-electron chi connectivity index (χ2n) is 12.7. The van der Waals surface area contributed by atoms with E-state index < -0.39 is 36.0 Å². The number of ketones is 1. The second-order valence-corrected chi connectivity index (χ2v) is 12.7. The standard InChI is InChI=1S/C35H51N5O5/c1-5-23(4)31-34(44)37-28(21-24-22-39(7-3)29-18-12-11-16-26(24)29)32(42)36-27(17-10-8-9-15-25(41)6-2)35(45)40-20-14-13-19-30(40)33(43)38-31/h11-12,16,18,22-23,27-28,30-31H,5-10,13-15,17,19-21H2,1-4H3,(H,36,42)(H,37,44)(H,38,43)/t23?,27-,28-,30-,31-/m0/s1. The van der Waals surface area contributed by atoms with Crippen molar-refractivity contribution in [3.05, 3.63) is 36.0 Å². The number of hydrogen-bond acceptors (Lipinski definition) is 5. The molecule has 0 spiro atoms. The van der Waals surface area contributed by atoms with Gasteiger partial charge in [0.1, 0.15) is 30.0 Å². The number of amides is 4. The van der Waals surface area contributed by atoms with E-state index in [2.05, 4.69) is 27.4 Å². The minimum absolute atomic E-state index is 0.178. The molecule has 4 amide bonds. The molecule has 2 aromatic rings. The predicted molar refractivity (Wildman–Crippen MR) is 174 cm³/mol. The molecular weight excluding hydrogens is 570 g/mol. The third-order valence-electron chi connectivity index (χ3n) is 9.61. The zero-order chi connectivity index (χ0) is 32.5. The molecular formula is C35H51N5O5. The Kier molecular flexibility index (Phi) is 12.2. The number of Topliss-reactive ketones (excluding diaryl/α,β-unsaturated/α-hetero) is 1. The Morgan fingerprint density at radius 2 is 1.67 bits per heavy atom. The number of hydrogen-bond donors (Lipinski definition) is 3. The number of fused-ring (bicyclic) bond motifs is 2.